The average molecular weight is 490 g/mol. The number of hydrogen-bond donors (Lipinski definition) is 0. The van der Waals surface area contributed by atoms with Crippen molar-refractivity contribution in [1.82, 2.24) is 19.7 Å². The Balaban J connectivity index is 1.47. The minimum Gasteiger partial charge on any atom is -0.378 e. The fraction of sp³-hybridized carbons (Fsp3) is 0.640. The second kappa shape index (κ2) is 12.0. The molecule has 2 heterocycles. The summed E-state index contributed by atoms with van der Waals surface area (Å²) in [6.45, 7) is 8.65. The summed E-state index contributed by atoms with van der Waals surface area (Å²) in [6.07, 6.45) is 5.59. The van der Waals surface area contributed by atoms with Crippen LogP contribution in [-0.4, -0.2) is 63.7 Å². The Morgan fingerprint density at radius 3 is 2.53 bits per heavy atom. The van der Waals surface area contributed by atoms with Gasteiger partial charge >= 0.3 is 0 Å². The van der Waals surface area contributed by atoms with Gasteiger partial charge in [0.2, 0.25) is 11.9 Å². The minimum atomic E-state index is -0.254. The third-order valence-corrected chi connectivity index (χ3v) is 7.42. The topological polar surface area (TPSA) is 63.5 Å². The van der Waals surface area contributed by atoms with Crippen molar-refractivity contribution < 1.29 is 13.9 Å². The summed E-state index contributed by atoms with van der Waals surface area (Å²) in [4.78, 5) is 17.7. The van der Waals surface area contributed by atoms with Crippen LogP contribution in [0.4, 0.5) is 10.3 Å². The lowest BCUT2D eigenvalue weighted by Crippen LogP contribution is -2.42. The molecule has 2 aromatic rings. The molecule has 0 unspecified atom stereocenters. The summed E-state index contributed by atoms with van der Waals surface area (Å²) in [5.74, 6) is 1.46. The van der Waals surface area contributed by atoms with Crippen molar-refractivity contribution in [3.8, 4) is 0 Å². The average Bonchev–Trinajstić information content (AvgIpc) is 3.25. The molecule has 7 nitrogen and oxygen atoms in total. The lowest BCUT2D eigenvalue weighted by atomic mass is 9.94. The molecule has 1 aromatic heterocycles. The second-order valence-corrected chi connectivity index (χ2v) is 10.6. The highest BCUT2D eigenvalue weighted by Gasteiger charge is 2.27. The van der Waals surface area contributed by atoms with Crippen molar-refractivity contribution in [2.45, 2.75) is 70.2 Å². The number of rotatable bonds is 9. The number of anilines is 1. The molecule has 0 atom stereocenters. The number of benzene rings is 1. The molecular weight excluding hydrogens is 453 g/mol. The molecule has 0 radical (unpaired) electrons. The molecule has 9 heteroatoms. The highest BCUT2D eigenvalue weighted by molar-refractivity contribution is 7.99. The third-order valence-electron chi connectivity index (χ3n) is 6.47. The summed E-state index contributed by atoms with van der Waals surface area (Å²) in [5.41, 5.74) is 0.961. The van der Waals surface area contributed by atoms with Gasteiger partial charge in [-0.05, 0) is 36.5 Å². The predicted octanol–water partition coefficient (Wildman–Crippen LogP) is 4.36. The van der Waals surface area contributed by atoms with Crippen LogP contribution in [0.2, 0.25) is 0 Å². The van der Waals surface area contributed by atoms with Gasteiger partial charge < -0.3 is 14.5 Å². The Kier molecular flexibility index (Phi) is 8.83. The van der Waals surface area contributed by atoms with Crippen LogP contribution in [-0.2, 0) is 22.6 Å². The number of amides is 1. The van der Waals surface area contributed by atoms with Crippen molar-refractivity contribution in [3.05, 3.63) is 35.6 Å². The smallest absolute Gasteiger partial charge is 0.233 e. The Morgan fingerprint density at radius 2 is 1.85 bits per heavy atom. The van der Waals surface area contributed by atoms with E-state index in [2.05, 4.69) is 33.5 Å². The number of carbonyl (C=O) groups is 1. The zero-order valence-electron chi connectivity index (χ0n) is 20.3. The standard InChI is InChI=1S/C25H36FN5O2S/c1-19(2)16-31-24(29-12-14-33-15-13-29)27-28-25(31)34-18-23(32)30(22-6-4-3-5-7-22)17-20-8-10-21(26)11-9-20/h8-11,19,22H,3-7,12-18H2,1-2H3. The first-order chi connectivity index (χ1) is 16.5. The number of aromatic nitrogens is 3. The lowest BCUT2D eigenvalue weighted by Gasteiger charge is -2.34. The maximum absolute atomic E-state index is 13.5. The van der Waals surface area contributed by atoms with Crippen molar-refractivity contribution in [1.29, 1.82) is 0 Å². The molecule has 1 saturated heterocycles. The van der Waals surface area contributed by atoms with Gasteiger partial charge in [-0.3, -0.25) is 9.36 Å². The van der Waals surface area contributed by atoms with Gasteiger partial charge in [-0.15, -0.1) is 10.2 Å². The molecule has 186 valence electrons. The number of thioether (sulfide) groups is 1. The second-order valence-electron chi connectivity index (χ2n) is 9.62. The highest BCUT2D eigenvalue weighted by Crippen LogP contribution is 2.28. The monoisotopic (exact) mass is 489 g/mol. The summed E-state index contributed by atoms with van der Waals surface area (Å²) in [6, 6.07) is 6.73. The first-order valence-electron chi connectivity index (χ1n) is 12.4. The van der Waals surface area contributed by atoms with Crippen LogP contribution in [0, 0.1) is 11.7 Å². The molecule has 1 aromatic carbocycles. The summed E-state index contributed by atoms with van der Waals surface area (Å²) >= 11 is 1.47. The van der Waals surface area contributed by atoms with Crippen molar-refractivity contribution >= 4 is 23.6 Å². The normalized spacial score (nSPS) is 17.4. The number of hydrogen-bond acceptors (Lipinski definition) is 6. The van der Waals surface area contributed by atoms with E-state index < -0.39 is 0 Å². The third kappa shape index (κ3) is 6.50. The van der Waals surface area contributed by atoms with Gasteiger partial charge in [-0.25, -0.2) is 4.39 Å². The van der Waals surface area contributed by atoms with E-state index in [-0.39, 0.29) is 17.8 Å². The van der Waals surface area contributed by atoms with Crippen LogP contribution >= 0.6 is 11.8 Å². The largest absolute Gasteiger partial charge is 0.378 e. The van der Waals surface area contributed by atoms with Gasteiger partial charge in [0.05, 0.1) is 19.0 Å². The Labute approximate surface area is 206 Å². The molecule has 1 aliphatic carbocycles. The maximum Gasteiger partial charge on any atom is 0.233 e. The zero-order chi connectivity index (χ0) is 23.9. The van der Waals surface area contributed by atoms with E-state index in [9.17, 15) is 9.18 Å². The predicted molar refractivity (Wildman–Crippen MR) is 132 cm³/mol. The molecule has 1 saturated carbocycles. The highest BCUT2D eigenvalue weighted by atomic mass is 32.2. The van der Waals surface area contributed by atoms with Gasteiger partial charge in [-0.2, -0.15) is 0 Å². The number of morpholine rings is 1. The first kappa shape index (κ1) is 25.0. The minimum absolute atomic E-state index is 0.105. The van der Waals surface area contributed by atoms with Crippen LogP contribution in [0.15, 0.2) is 29.4 Å². The molecule has 0 N–H and O–H groups in total. The lowest BCUT2D eigenvalue weighted by molar-refractivity contribution is -0.132. The van der Waals surface area contributed by atoms with E-state index in [1.165, 1.54) is 30.3 Å². The molecule has 1 amide bonds. The fourth-order valence-electron chi connectivity index (χ4n) is 4.72. The van der Waals surface area contributed by atoms with E-state index in [0.29, 0.717) is 31.4 Å². The Bertz CT molecular complexity index is 924. The quantitative estimate of drug-likeness (QED) is 0.488. The first-order valence-corrected chi connectivity index (χ1v) is 13.4. The summed E-state index contributed by atoms with van der Waals surface area (Å²) < 4.78 is 21.0. The summed E-state index contributed by atoms with van der Waals surface area (Å²) in [5, 5.41) is 9.73. The number of nitrogens with zero attached hydrogens (tertiary/aromatic N) is 5. The zero-order valence-corrected chi connectivity index (χ0v) is 21.1. The molecule has 4 rings (SSSR count). The number of carbonyl (C=O) groups excluding carboxylic acids is 1. The molecule has 2 aliphatic rings. The van der Waals surface area contributed by atoms with E-state index in [0.717, 1.165) is 62.0 Å². The van der Waals surface area contributed by atoms with E-state index in [1.807, 2.05) is 4.90 Å². The summed E-state index contributed by atoms with van der Waals surface area (Å²) in [7, 11) is 0. The Morgan fingerprint density at radius 1 is 1.15 bits per heavy atom. The van der Waals surface area contributed by atoms with Gasteiger partial charge in [-0.1, -0.05) is 57.0 Å². The molecule has 34 heavy (non-hydrogen) atoms. The van der Waals surface area contributed by atoms with Crippen LogP contribution in [0.25, 0.3) is 0 Å². The van der Waals surface area contributed by atoms with Crippen LogP contribution in [0.5, 0.6) is 0 Å². The van der Waals surface area contributed by atoms with E-state index in [4.69, 9.17) is 4.74 Å². The van der Waals surface area contributed by atoms with Crippen LogP contribution < -0.4 is 4.90 Å². The van der Waals surface area contributed by atoms with Crippen molar-refractivity contribution in [2.75, 3.05) is 37.0 Å². The van der Waals surface area contributed by atoms with Gasteiger partial charge in [0, 0.05) is 32.2 Å². The molecule has 1 aliphatic heterocycles. The van der Waals surface area contributed by atoms with E-state index in [1.54, 1.807) is 12.1 Å². The van der Waals surface area contributed by atoms with Crippen LogP contribution in [0.3, 0.4) is 0 Å². The number of ether oxygens (including phenoxy) is 1. The van der Waals surface area contributed by atoms with E-state index >= 15 is 0 Å². The molecule has 0 spiro atoms. The van der Waals surface area contributed by atoms with Gasteiger partial charge in [0.15, 0.2) is 5.16 Å². The van der Waals surface area contributed by atoms with Crippen LogP contribution in [0.1, 0.15) is 51.5 Å². The van der Waals surface area contributed by atoms with Crippen molar-refractivity contribution in [2.24, 2.45) is 5.92 Å². The van der Waals surface area contributed by atoms with Gasteiger partial charge in [0.1, 0.15) is 5.82 Å². The molecule has 2 fully saturated rings. The maximum atomic E-state index is 13.5. The fourth-order valence-corrected chi connectivity index (χ4v) is 5.55. The molecular formula is C25H36FN5O2S. The number of halogens is 1. The van der Waals surface area contributed by atoms with Crippen molar-refractivity contribution in [3.63, 3.8) is 0 Å². The molecule has 0 bridgehead atoms. The SMILES string of the molecule is CC(C)Cn1c(SCC(=O)N(Cc2ccc(F)cc2)C2CCCCC2)nnc1N1CCOCC1. The van der Waals surface area contributed by atoms with Gasteiger partial charge in [0.25, 0.3) is 0 Å². The Hall–Kier alpha value is -2.13.